The topological polar surface area (TPSA) is 92.6 Å². The van der Waals surface area contributed by atoms with Gasteiger partial charge in [-0.2, -0.15) is 0 Å². The molecular formula is C17H21N3O5P2S+2. The number of benzene rings is 2. The lowest BCUT2D eigenvalue weighted by molar-refractivity contribution is -0.131. The van der Waals surface area contributed by atoms with Gasteiger partial charge in [-0.3, -0.25) is 9.84 Å². The van der Waals surface area contributed by atoms with Crippen LogP contribution in [-0.2, 0) is 21.0 Å². The molecule has 11 heteroatoms. The molecule has 0 heterocycles. The first-order chi connectivity index (χ1) is 13.5. The maximum Gasteiger partial charge on any atom is 0.563 e. The molecule has 0 amide bonds. The molecule has 0 fully saturated rings. The Morgan fingerprint density at radius 1 is 1.18 bits per heavy atom. The van der Waals surface area contributed by atoms with Gasteiger partial charge in [0.15, 0.2) is 5.75 Å². The molecule has 28 heavy (non-hydrogen) atoms. The van der Waals surface area contributed by atoms with Crippen LogP contribution in [0, 0.1) is 0 Å². The molecule has 0 bridgehead atoms. The number of nitrogens with one attached hydrogen (secondary N) is 1. The predicted octanol–water partition coefficient (Wildman–Crippen LogP) is 4.26. The first kappa shape index (κ1) is 22.3. The van der Waals surface area contributed by atoms with Crippen LogP contribution in [-0.4, -0.2) is 37.5 Å². The summed E-state index contributed by atoms with van der Waals surface area (Å²) in [7, 11) is 1.29. The molecule has 0 saturated heterocycles. The Labute approximate surface area is 170 Å². The van der Waals surface area contributed by atoms with Crippen molar-refractivity contribution in [2.75, 3.05) is 21.2 Å². The molecular weight excluding hydrogens is 420 g/mol. The third-order valence-corrected chi connectivity index (χ3v) is 6.68. The quantitative estimate of drug-likeness (QED) is 0.245. The Morgan fingerprint density at radius 3 is 2.32 bits per heavy atom. The monoisotopic (exact) mass is 441 g/mol. The lowest BCUT2D eigenvalue weighted by Gasteiger charge is -2.05. The number of nitrogens with zero attached hydrogens (tertiary/aromatic N) is 2. The van der Waals surface area contributed by atoms with E-state index in [1.165, 1.54) is 0 Å². The van der Waals surface area contributed by atoms with Gasteiger partial charge in [-0.05, 0) is 65.7 Å². The molecule has 148 valence electrons. The second kappa shape index (κ2) is 11.1. The molecule has 0 aliphatic rings. The highest BCUT2D eigenvalue weighted by atomic mass is 32.4. The normalized spacial score (nSPS) is 13.1. The zero-order valence-electron chi connectivity index (χ0n) is 15.6. The number of rotatable bonds is 10. The molecule has 8 nitrogen and oxygen atoms in total. The zero-order chi connectivity index (χ0) is 20.5. The highest BCUT2D eigenvalue weighted by Gasteiger charge is 2.33. The number of hydrazone groups is 1. The summed E-state index contributed by atoms with van der Waals surface area (Å²) in [5.74, 6) is 0.709. The van der Waals surface area contributed by atoms with Gasteiger partial charge in [-0.1, -0.05) is 4.78 Å². The molecule has 0 radical (unpaired) electrons. The lowest BCUT2D eigenvalue weighted by Crippen LogP contribution is -2.13. The van der Waals surface area contributed by atoms with Crippen LogP contribution >= 0.6 is 15.1 Å². The molecule has 0 saturated carbocycles. The fourth-order valence-electron chi connectivity index (χ4n) is 2.18. The van der Waals surface area contributed by atoms with Crippen LogP contribution in [0.5, 0.6) is 11.5 Å². The van der Waals surface area contributed by atoms with Crippen LogP contribution in [0.1, 0.15) is 16.9 Å². The van der Waals surface area contributed by atoms with Crippen molar-refractivity contribution in [3.63, 3.8) is 0 Å². The van der Waals surface area contributed by atoms with Crippen molar-refractivity contribution in [3.05, 3.63) is 59.7 Å². The van der Waals surface area contributed by atoms with Crippen LogP contribution < -0.4 is 14.6 Å². The molecule has 3 unspecified atom stereocenters. The number of ether oxygens (including phenoxy) is 1. The first-order valence-corrected chi connectivity index (χ1v) is 11.6. The molecule has 2 aromatic rings. The summed E-state index contributed by atoms with van der Waals surface area (Å²) in [6.45, 7) is 0. The summed E-state index contributed by atoms with van der Waals surface area (Å²) in [5, 5.41) is 15.7. The number of hydrogen-bond donors (Lipinski definition) is 2. The summed E-state index contributed by atoms with van der Waals surface area (Å²) >= 11 is 5.39. The SMILES string of the molecule is CNC(c1ccc(O[P+](=S)N(C)/N=C/c2ccc(OC)cc2)cc1)[P+](=O)OO. The van der Waals surface area contributed by atoms with E-state index in [4.69, 9.17) is 26.3 Å². The summed E-state index contributed by atoms with van der Waals surface area (Å²) in [5.41, 5.74) is 1.60. The molecule has 2 rings (SSSR count). The molecule has 3 atom stereocenters. The fourth-order valence-corrected chi connectivity index (χ4v) is 3.85. The van der Waals surface area contributed by atoms with Gasteiger partial charge < -0.3 is 4.74 Å². The minimum atomic E-state index is -2.28. The van der Waals surface area contributed by atoms with E-state index in [0.29, 0.717) is 11.3 Å². The predicted molar refractivity (Wildman–Crippen MR) is 113 cm³/mol. The molecule has 0 aliphatic carbocycles. The maximum absolute atomic E-state index is 11.7. The first-order valence-electron chi connectivity index (χ1n) is 8.10. The summed E-state index contributed by atoms with van der Waals surface area (Å²) < 4.78 is 28.0. The average Bonchev–Trinajstić information content (AvgIpc) is 2.73. The Bertz CT molecular complexity index is 834. The van der Waals surface area contributed by atoms with E-state index in [2.05, 4.69) is 15.1 Å². The van der Waals surface area contributed by atoms with E-state index < -0.39 is 20.9 Å². The van der Waals surface area contributed by atoms with Gasteiger partial charge in [0.1, 0.15) is 5.75 Å². The van der Waals surface area contributed by atoms with Crippen LogP contribution in [0.25, 0.3) is 0 Å². The van der Waals surface area contributed by atoms with E-state index in [-0.39, 0.29) is 0 Å². The minimum absolute atomic E-state index is 0.561. The Balaban J connectivity index is 1.97. The van der Waals surface area contributed by atoms with Crippen molar-refractivity contribution in [2.45, 2.75) is 5.78 Å². The maximum atomic E-state index is 11.7. The van der Waals surface area contributed by atoms with Gasteiger partial charge in [0.05, 0.1) is 20.4 Å². The van der Waals surface area contributed by atoms with Gasteiger partial charge in [-0.25, -0.2) is 5.26 Å². The smallest absolute Gasteiger partial charge is 0.497 e. The van der Waals surface area contributed by atoms with Crippen molar-refractivity contribution in [3.8, 4) is 11.5 Å². The van der Waals surface area contributed by atoms with Crippen LogP contribution in [0.15, 0.2) is 53.6 Å². The van der Waals surface area contributed by atoms with E-state index in [0.717, 1.165) is 11.3 Å². The van der Waals surface area contributed by atoms with Crippen molar-refractivity contribution in [1.82, 2.24) is 10.1 Å². The third kappa shape index (κ3) is 6.27. The van der Waals surface area contributed by atoms with E-state index >= 15 is 0 Å². The Kier molecular flexibility index (Phi) is 8.86. The van der Waals surface area contributed by atoms with Crippen LogP contribution in [0.2, 0.25) is 0 Å². The second-order valence-corrected chi connectivity index (χ2v) is 8.89. The van der Waals surface area contributed by atoms with Gasteiger partial charge in [-0.15, -0.1) is 5.10 Å². The van der Waals surface area contributed by atoms with Crippen molar-refractivity contribution >= 4 is 33.1 Å². The highest BCUT2D eigenvalue weighted by molar-refractivity contribution is 8.02. The van der Waals surface area contributed by atoms with Crippen molar-refractivity contribution < 1.29 is 23.8 Å². The average molecular weight is 441 g/mol. The zero-order valence-corrected chi connectivity index (χ0v) is 18.2. The van der Waals surface area contributed by atoms with Gasteiger partial charge in [0.2, 0.25) is 11.8 Å². The lowest BCUT2D eigenvalue weighted by atomic mass is 10.2. The van der Waals surface area contributed by atoms with Crippen molar-refractivity contribution in [1.29, 1.82) is 0 Å². The summed E-state index contributed by atoms with van der Waals surface area (Å²) in [6.07, 6.45) is 1.69. The second-order valence-electron chi connectivity index (χ2n) is 5.46. The highest BCUT2D eigenvalue weighted by Crippen LogP contribution is 2.39. The Morgan fingerprint density at radius 2 is 1.79 bits per heavy atom. The third-order valence-electron chi connectivity index (χ3n) is 3.67. The van der Waals surface area contributed by atoms with E-state index in [1.807, 2.05) is 24.3 Å². The molecule has 0 aliphatic heterocycles. The Hall–Kier alpha value is -1.99. The molecule has 0 aromatic heterocycles. The summed E-state index contributed by atoms with van der Waals surface area (Å²) in [6, 6.07) is 14.4. The number of hydrogen-bond acceptors (Lipinski definition) is 8. The molecule has 2 aromatic carbocycles. The summed E-state index contributed by atoms with van der Waals surface area (Å²) in [4.78, 5) is 0. The molecule has 0 spiro atoms. The standard InChI is InChI=1S/C17H20N3O5P2S/c1-18-17(26(22)25-21)14-6-10-16(11-7-14)24-27(28)20(2)19-12-13-4-8-15(23-3)9-5-13/h4-12,17-18H,1-3H3/q+1/p+1/b19-12+. The van der Waals surface area contributed by atoms with E-state index in [1.54, 1.807) is 56.5 Å². The molecule has 2 N–H and O–H groups in total. The fraction of sp³-hybridized carbons (Fsp3) is 0.235. The van der Waals surface area contributed by atoms with Crippen molar-refractivity contribution in [2.24, 2.45) is 5.10 Å². The minimum Gasteiger partial charge on any atom is -0.497 e. The van der Waals surface area contributed by atoms with Gasteiger partial charge in [0, 0.05) is 10.2 Å². The van der Waals surface area contributed by atoms with Crippen LogP contribution in [0.3, 0.4) is 0 Å². The number of methoxy groups -OCH3 is 1. The van der Waals surface area contributed by atoms with Gasteiger partial charge in [0.25, 0.3) is 5.78 Å². The van der Waals surface area contributed by atoms with Crippen LogP contribution in [0.4, 0.5) is 0 Å². The largest absolute Gasteiger partial charge is 0.563 e. The van der Waals surface area contributed by atoms with Gasteiger partial charge >= 0.3 is 15.1 Å². The van der Waals surface area contributed by atoms with E-state index in [9.17, 15) is 4.57 Å².